The number of aromatic nitrogens is 2. The Hall–Kier alpha value is -4.19. The zero-order chi connectivity index (χ0) is 30.1. The Balaban J connectivity index is 1.43. The molecule has 1 fully saturated rings. The van der Waals surface area contributed by atoms with Crippen LogP contribution >= 0.6 is 11.6 Å². The number of aryl methyl sites for hydroxylation is 1. The molecule has 222 valence electrons. The maximum Gasteiger partial charge on any atom is 0.323 e. The van der Waals surface area contributed by atoms with Crippen LogP contribution in [0.4, 0.5) is 14.9 Å². The van der Waals surface area contributed by atoms with Crippen LogP contribution in [0.25, 0.3) is 10.9 Å². The van der Waals surface area contributed by atoms with E-state index in [2.05, 4.69) is 27.2 Å². The fraction of sp³-hybridized carbons (Fsp3) is 0.300. The predicted molar refractivity (Wildman–Crippen MR) is 158 cm³/mol. The SMILES string of the molecule is C=CC(NC(=O)Nc1cc(C)ccc1F)=C(Cl)C=C(C)Oc1ncnc2cc(OCCCOC3COC3)c(OC)cc12. The van der Waals surface area contributed by atoms with E-state index in [4.69, 9.17) is 35.3 Å². The standard InChI is InChI=1S/C30H32ClFN4O6/c1-5-24(35-30(37)36-26-11-18(2)7-8-23(26)32)22(31)12-19(3)42-29-21-13-27(38-4)28(14-25(21)33-17-34-29)41-10-6-9-40-20-15-39-16-20/h5,7-8,11-14,17,20H,1,6,9-10,15-16H2,2-4H3,(H2,35,36,37). The van der Waals surface area contributed by atoms with E-state index in [1.165, 1.54) is 30.6 Å². The summed E-state index contributed by atoms with van der Waals surface area (Å²) in [6.45, 7) is 9.45. The van der Waals surface area contributed by atoms with Crippen molar-refractivity contribution >= 4 is 34.2 Å². The Kier molecular flexibility index (Phi) is 10.7. The average Bonchev–Trinajstić information content (AvgIpc) is 2.94. The molecular formula is C30H32ClFN4O6. The molecule has 1 saturated heterocycles. The third-order valence-corrected chi connectivity index (χ3v) is 6.37. The van der Waals surface area contributed by atoms with Crippen molar-refractivity contribution in [1.82, 2.24) is 15.3 Å². The van der Waals surface area contributed by atoms with Gasteiger partial charge in [-0.25, -0.2) is 19.2 Å². The van der Waals surface area contributed by atoms with E-state index in [0.717, 1.165) is 5.56 Å². The zero-order valence-electron chi connectivity index (χ0n) is 23.5. The van der Waals surface area contributed by atoms with E-state index in [0.29, 0.717) is 61.0 Å². The molecule has 3 aromatic rings. The molecule has 10 nitrogen and oxygen atoms in total. The number of halogens is 2. The number of fused-ring (bicyclic) bond motifs is 1. The molecule has 0 aliphatic carbocycles. The number of amides is 2. The number of urea groups is 1. The Morgan fingerprint density at radius 1 is 1.21 bits per heavy atom. The highest BCUT2D eigenvalue weighted by Crippen LogP contribution is 2.35. The summed E-state index contributed by atoms with van der Waals surface area (Å²) >= 11 is 6.45. The molecule has 0 atom stereocenters. The molecule has 12 heteroatoms. The summed E-state index contributed by atoms with van der Waals surface area (Å²) in [5, 5.41) is 5.74. The molecular weight excluding hydrogens is 567 g/mol. The quantitative estimate of drug-likeness (QED) is 0.140. The second-order valence-electron chi connectivity index (χ2n) is 9.32. The number of nitrogens with one attached hydrogen (secondary N) is 2. The van der Waals surface area contributed by atoms with E-state index in [9.17, 15) is 9.18 Å². The lowest BCUT2D eigenvalue weighted by atomic mass is 10.2. The first-order chi connectivity index (χ1) is 20.3. The molecule has 2 amide bonds. The second-order valence-corrected chi connectivity index (χ2v) is 9.72. The molecule has 1 aliphatic rings. The maximum absolute atomic E-state index is 14.0. The van der Waals surface area contributed by atoms with Crippen molar-refractivity contribution in [3.05, 3.63) is 83.3 Å². The molecule has 42 heavy (non-hydrogen) atoms. The summed E-state index contributed by atoms with van der Waals surface area (Å²) in [7, 11) is 1.54. The largest absolute Gasteiger partial charge is 0.493 e. The van der Waals surface area contributed by atoms with Gasteiger partial charge in [0.05, 0.1) is 60.9 Å². The fourth-order valence-electron chi connectivity index (χ4n) is 3.85. The molecule has 0 saturated carbocycles. The van der Waals surface area contributed by atoms with Gasteiger partial charge < -0.3 is 34.3 Å². The Morgan fingerprint density at radius 2 is 2.02 bits per heavy atom. The maximum atomic E-state index is 14.0. The van der Waals surface area contributed by atoms with Crippen molar-refractivity contribution in [3.8, 4) is 17.4 Å². The highest BCUT2D eigenvalue weighted by molar-refractivity contribution is 6.31. The van der Waals surface area contributed by atoms with Crippen molar-refractivity contribution in [2.75, 3.05) is 38.9 Å². The number of benzene rings is 2. The monoisotopic (exact) mass is 598 g/mol. The van der Waals surface area contributed by atoms with Gasteiger partial charge in [-0.05, 0) is 49.8 Å². The van der Waals surface area contributed by atoms with Crippen LogP contribution in [0.5, 0.6) is 17.4 Å². The third-order valence-electron chi connectivity index (χ3n) is 6.06. The number of carbonyl (C=O) groups excluding carboxylic acids is 1. The van der Waals surface area contributed by atoms with Gasteiger partial charge in [0.2, 0.25) is 5.88 Å². The summed E-state index contributed by atoms with van der Waals surface area (Å²) in [4.78, 5) is 21.1. The van der Waals surface area contributed by atoms with Crippen molar-refractivity contribution in [2.45, 2.75) is 26.4 Å². The second kappa shape index (κ2) is 14.6. The van der Waals surface area contributed by atoms with Crippen LogP contribution in [0.1, 0.15) is 18.9 Å². The number of anilines is 1. The van der Waals surface area contributed by atoms with Crippen LogP contribution in [0.3, 0.4) is 0 Å². The van der Waals surface area contributed by atoms with Crippen molar-refractivity contribution < 1.29 is 32.9 Å². The van der Waals surface area contributed by atoms with Gasteiger partial charge in [0.1, 0.15) is 24.0 Å². The molecule has 1 aliphatic heterocycles. The van der Waals surface area contributed by atoms with E-state index in [1.54, 1.807) is 39.2 Å². The molecule has 4 rings (SSSR count). The molecule has 0 unspecified atom stereocenters. The summed E-state index contributed by atoms with van der Waals surface area (Å²) < 4.78 is 42.2. The van der Waals surface area contributed by atoms with Crippen LogP contribution in [-0.2, 0) is 9.47 Å². The summed E-state index contributed by atoms with van der Waals surface area (Å²) in [6, 6.07) is 7.20. The highest BCUT2D eigenvalue weighted by atomic mass is 35.5. The van der Waals surface area contributed by atoms with Crippen LogP contribution in [0, 0.1) is 12.7 Å². The van der Waals surface area contributed by atoms with Gasteiger partial charge in [-0.15, -0.1) is 0 Å². The first kappa shape index (κ1) is 30.8. The first-order valence-electron chi connectivity index (χ1n) is 13.1. The number of methoxy groups -OCH3 is 1. The zero-order valence-corrected chi connectivity index (χ0v) is 24.3. The lowest BCUT2D eigenvalue weighted by Gasteiger charge is -2.25. The molecule has 0 spiro atoms. The van der Waals surface area contributed by atoms with Crippen molar-refractivity contribution in [3.63, 3.8) is 0 Å². The topological polar surface area (TPSA) is 113 Å². The Bertz CT molecular complexity index is 1510. The lowest BCUT2D eigenvalue weighted by molar-refractivity contribution is -0.130. The number of allylic oxidation sites excluding steroid dienone is 4. The molecule has 1 aromatic heterocycles. The Morgan fingerprint density at radius 3 is 2.74 bits per heavy atom. The van der Waals surface area contributed by atoms with Crippen molar-refractivity contribution in [2.24, 2.45) is 0 Å². The van der Waals surface area contributed by atoms with Gasteiger partial charge in [-0.2, -0.15) is 0 Å². The van der Waals surface area contributed by atoms with E-state index in [-0.39, 0.29) is 28.4 Å². The first-order valence-corrected chi connectivity index (χ1v) is 13.5. The summed E-state index contributed by atoms with van der Waals surface area (Å²) in [5.41, 5.74) is 1.60. The molecule has 2 aromatic carbocycles. The van der Waals surface area contributed by atoms with Gasteiger partial charge in [-0.3, -0.25) is 0 Å². The predicted octanol–water partition coefficient (Wildman–Crippen LogP) is 6.01. The van der Waals surface area contributed by atoms with Gasteiger partial charge in [-0.1, -0.05) is 24.2 Å². The Labute approximate surface area is 248 Å². The summed E-state index contributed by atoms with van der Waals surface area (Å²) in [6.07, 6.45) is 5.11. The smallest absolute Gasteiger partial charge is 0.323 e. The molecule has 2 heterocycles. The van der Waals surface area contributed by atoms with E-state index in [1.807, 2.05) is 0 Å². The van der Waals surface area contributed by atoms with E-state index < -0.39 is 11.8 Å². The van der Waals surface area contributed by atoms with Gasteiger partial charge >= 0.3 is 6.03 Å². The van der Waals surface area contributed by atoms with Crippen LogP contribution < -0.4 is 24.8 Å². The van der Waals surface area contributed by atoms with Gasteiger partial charge in [0.25, 0.3) is 0 Å². The minimum atomic E-state index is -0.688. The average molecular weight is 599 g/mol. The van der Waals surface area contributed by atoms with Crippen LogP contribution in [0.15, 0.2) is 71.9 Å². The summed E-state index contributed by atoms with van der Waals surface area (Å²) in [5.74, 6) is 1.09. The molecule has 0 bridgehead atoms. The van der Waals surface area contributed by atoms with Crippen LogP contribution in [0.2, 0.25) is 0 Å². The van der Waals surface area contributed by atoms with Gasteiger partial charge in [0.15, 0.2) is 11.5 Å². The minimum Gasteiger partial charge on any atom is -0.493 e. The van der Waals surface area contributed by atoms with E-state index >= 15 is 0 Å². The van der Waals surface area contributed by atoms with Crippen molar-refractivity contribution in [1.29, 1.82) is 0 Å². The fourth-order valence-corrected chi connectivity index (χ4v) is 4.13. The molecule has 0 radical (unpaired) electrons. The number of hydrogen-bond acceptors (Lipinski definition) is 8. The number of rotatable bonds is 13. The number of ether oxygens (including phenoxy) is 5. The lowest BCUT2D eigenvalue weighted by Crippen LogP contribution is -2.36. The minimum absolute atomic E-state index is 0.0372. The number of nitrogens with zero attached hydrogens (tertiary/aromatic N) is 2. The van der Waals surface area contributed by atoms with Crippen LogP contribution in [-0.4, -0.2) is 55.6 Å². The highest BCUT2D eigenvalue weighted by Gasteiger charge is 2.18. The number of hydrogen-bond donors (Lipinski definition) is 2. The molecule has 2 N–H and O–H groups in total. The van der Waals surface area contributed by atoms with Gasteiger partial charge in [0, 0.05) is 12.5 Å². The number of carbonyl (C=O) groups is 1. The third kappa shape index (κ3) is 8.19. The normalized spacial score (nSPS) is 14.1.